The highest BCUT2D eigenvalue weighted by Crippen LogP contribution is 2.41. The highest BCUT2D eigenvalue weighted by atomic mass is 35.5. The predicted octanol–water partition coefficient (Wildman–Crippen LogP) is 4.69. The van der Waals surface area contributed by atoms with E-state index in [1.807, 2.05) is 5.38 Å². The van der Waals surface area contributed by atoms with Crippen LogP contribution in [0.25, 0.3) is 0 Å². The second-order valence-corrected chi connectivity index (χ2v) is 6.37. The first-order valence-electron chi connectivity index (χ1n) is 7.28. The number of halogens is 1. The highest BCUT2D eigenvalue weighted by Gasteiger charge is 2.30. The lowest BCUT2D eigenvalue weighted by molar-refractivity contribution is 0.0997. The summed E-state index contributed by atoms with van der Waals surface area (Å²) >= 11 is 7.62. The number of thiophene rings is 1. The Hall–Kier alpha value is -2.51. The van der Waals surface area contributed by atoms with E-state index in [1.165, 1.54) is 23.3 Å². The van der Waals surface area contributed by atoms with Gasteiger partial charge >= 0.3 is 0 Å². The minimum atomic E-state index is -0.295. The number of hydrogen-bond acceptors (Lipinski definition) is 6. The summed E-state index contributed by atoms with van der Waals surface area (Å²) in [6, 6.07) is 8.64. The third kappa shape index (κ3) is 3.20. The maximum Gasteiger partial charge on any atom is 0.275 e. The van der Waals surface area contributed by atoms with Gasteiger partial charge in [0.1, 0.15) is 22.2 Å². The number of benzene rings is 1. The Balaban J connectivity index is 2.18. The summed E-state index contributed by atoms with van der Waals surface area (Å²) in [5.41, 5.74) is 0.966. The quantitative estimate of drug-likeness (QED) is 0.644. The van der Waals surface area contributed by atoms with E-state index in [1.54, 1.807) is 44.4 Å². The average Bonchev–Trinajstić information content (AvgIpc) is 3.28. The molecule has 0 aliphatic carbocycles. The molecule has 3 aromatic rings. The van der Waals surface area contributed by atoms with Crippen molar-refractivity contribution >= 4 is 40.4 Å². The first-order chi connectivity index (χ1) is 12.1. The molecule has 3 rings (SSSR count). The molecule has 2 heterocycles. The van der Waals surface area contributed by atoms with Crippen molar-refractivity contribution in [3.63, 3.8) is 0 Å². The number of ether oxygens (including phenoxy) is 2. The van der Waals surface area contributed by atoms with Crippen LogP contribution in [-0.2, 0) is 0 Å². The lowest BCUT2D eigenvalue weighted by Gasteiger charge is -2.22. The number of rotatable bonds is 5. The van der Waals surface area contributed by atoms with Crippen molar-refractivity contribution in [3.8, 4) is 11.5 Å². The molecule has 0 N–H and O–H groups in total. The Bertz CT molecular complexity index is 892. The number of carbonyl (C=O) groups is 1. The van der Waals surface area contributed by atoms with Crippen LogP contribution in [-0.4, -0.2) is 25.3 Å². The van der Waals surface area contributed by atoms with E-state index < -0.39 is 0 Å². The molecule has 130 valence electrons. The number of methoxy groups -OCH3 is 2. The van der Waals surface area contributed by atoms with Crippen molar-refractivity contribution in [2.24, 2.45) is 0 Å². The number of aryl methyl sites for hydroxylation is 1. The molecule has 0 saturated carbocycles. The largest absolute Gasteiger partial charge is 0.497 e. The average molecular weight is 379 g/mol. The van der Waals surface area contributed by atoms with Gasteiger partial charge < -0.3 is 14.0 Å². The van der Waals surface area contributed by atoms with Crippen molar-refractivity contribution in [1.29, 1.82) is 0 Å². The van der Waals surface area contributed by atoms with Crippen molar-refractivity contribution in [3.05, 3.63) is 51.3 Å². The predicted molar refractivity (Wildman–Crippen MR) is 96.6 cm³/mol. The van der Waals surface area contributed by atoms with Crippen molar-refractivity contribution < 1.29 is 18.8 Å². The van der Waals surface area contributed by atoms with Crippen LogP contribution >= 0.6 is 22.9 Å². The van der Waals surface area contributed by atoms with Gasteiger partial charge in [0.2, 0.25) is 0 Å². The third-order valence-electron chi connectivity index (χ3n) is 3.54. The van der Waals surface area contributed by atoms with Crippen LogP contribution in [0.1, 0.15) is 15.4 Å². The first kappa shape index (κ1) is 17.3. The number of carbonyl (C=O) groups excluding carboxylic acids is 1. The maximum atomic E-state index is 13.1. The van der Waals surface area contributed by atoms with Crippen LogP contribution in [0, 0.1) is 6.92 Å². The van der Waals surface area contributed by atoms with Crippen molar-refractivity contribution in [1.82, 2.24) is 5.16 Å². The van der Waals surface area contributed by atoms with Crippen molar-refractivity contribution in [2.45, 2.75) is 6.92 Å². The normalized spacial score (nSPS) is 10.6. The lowest BCUT2D eigenvalue weighted by atomic mass is 10.2. The molecular weight excluding hydrogens is 364 g/mol. The summed E-state index contributed by atoms with van der Waals surface area (Å²) in [7, 11) is 3.07. The van der Waals surface area contributed by atoms with Gasteiger partial charge in [-0.15, -0.1) is 11.3 Å². The zero-order valence-corrected chi connectivity index (χ0v) is 15.4. The Morgan fingerprint density at radius 1 is 1.28 bits per heavy atom. The Morgan fingerprint density at radius 2 is 2.08 bits per heavy atom. The molecule has 0 spiro atoms. The van der Waals surface area contributed by atoms with Gasteiger partial charge in [-0.3, -0.25) is 4.79 Å². The SMILES string of the molecule is COc1ccc(N(C(=O)c2cccs2)c2onc(C)c2Cl)c(OC)c1. The summed E-state index contributed by atoms with van der Waals surface area (Å²) in [6.45, 7) is 1.70. The minimum Gasteiger partial charge on any atom is -0.497 e. The second-order valence-electron chi connectivity index (χ2n) is 5.04. The van der Waals surface area contributed by atoms with Gasteiger partial charge in [0, 0.05) is 6.07 Å². The van der Waals surface area contributed by atoms with Gasteiger partial charge in [-0.25, -0.2) is 4.90 Å². The fourth-order valence-electron chi connectivity index (χ4n) is 2.28. The van der Waals surface area contributed by atoms with Gasteiger partial charge in [-0.05, 0) is 30.5 Å². The smallest absolute Gasteiger partial charge is 0.275 e. The molecule has 0 saturated heterocycles. The molecule has 0 aliphatic rings. The van der Waals surface area contributed by atoms with Crippen molar-refractivity contribution in [2.75, 3.05) is 19.1 Å². The Morgan fingerprint density at radius 3 is 2.64 bits per heavy atom. The second kappa shape index (κ2) is 7.16. The topological polar surface area (TPSA) is 64.8 Å². The monoisotopic (exact) mass is 378 g/mol. The standard InChI is InChI=1S/C17H15ClN2O4S/c1-10-15(18)17(24-19-10)20(16(21)14-5-4-8-25-14)12-7-6-11(22-2)9-13(12)23-3/h4-9H,1-3H3. The van der Waals surface area contributed by atoms with E-state index in [9.17, 15) is 4.79 Å². The van der Waals surface area contributed by atoms with Gasteiger partial charge in [0.15, 0.2) is 0 Å². The fourth-order valence-corrected chi connectivity index (χ4v) is 3.08. The number of nitrogens with zero attached hydrogens (tertiary/aromatic N) is 2. The summed E-state index contributed by atoms with van der Waals surface area (Å²) in [5, 5.41) is 5.94. The molecule has 0 aliphatic heterocycles. The zero-order chi connectivity index (χ0) is 18.0. The van der Waals surface area contributed by atoms with Crippen LogP contribution in [0.2, 0.25) is 5.02 Å². The first-order valence-corrected chi connectivity index (χ1v) is 8.54. The molecular formula is C17H15ClN2O4S. The van der Waals surface area contributed by atoms with E-state index >= 15 is 0 Å². The molecule has 8 heteroatoms. The Labute approximate surface area is 153 Å². The highest BCUT2D eigenvalue weighted by molar-refractivity contribution is 7.12. The summed E-state index contributed by atoms with van der Waals surface area (Å²) in [6.07, 6.45) is 0. The zero-order valence-electron chi connectivity index (χ0n) is 13.8. The fraction of sp³-hybridized carbons (Fsp3) is 0.176. The molecule has 25 heavy (non-hydrogen) atoms. The molecule has 6 nitrogen and oxygen atoms in total. The van der Waals surface area contributed by atoms with Crippen LogP contribution in [0.4, 0.5) is 11.6 Å². The van der Waals surface area contributed by atoms with Crippen LogP contribution in [0.5, 0.6) is 11.5 Å². The van der Waals surface area contributed by atoms with Gasteiger partial charge in [-0.1, -0.05) is 22.8 Å². The molecule has 1 amide bonds. The van der Waals surface area contributed by atoms with E-state index in [0.717, 1.165) is 0 Å². The number of aromatic nitrogens is 1. The number of hydrogen-bond donors (Lipinski definition) is 0. The van der Waals surface area contributed by atoms with Gasteiger partial charge in [0.25, 0.3) is 11.8 Å². The molecule has 0 bridgehead atoms. The molecule has 1 aromatic carbocycles. The van der Waals surface area contributed by atoms with E-state index in [0.29, 0.717) is 27.8 Å². The van der Waals surface area contributed by atoms with Crippen LogP contribution in [0.15, 0.2) is 40.2 Å². The third-order valence-corrected chi connectivity index (χ3v) is 4.83. The number of amides is 1. The van der Waals surface area contributed by atoms with Crippen LogP contribution in [0.3, 0.4) is 0 Å². The van der Waals surface area contributed by atoms with Crippen LogP contribution < -0.4 is 14.4 Å². The van der Waals surface area contributed by atoms with Gasteiger partial charge in [0.05, 0.1) is 24.8 Å². The maximum absolute atomic E-state index is 13.1. The summed E-state index contributed by atoms with van der Waals surface area (Å²) in [5.74, 6) is 0.885. The molecule has 0 radical (unpaired) electrons. The molecule has 0 atom stereocenters. The lowest BCUT2D eigenvalue weighted by Crippen LogP contribution is -2.25. The molecule has 2 aromatic heterocycles. The summed E-state index contributed by atoms with van der Waals surface area (Å²) < 4.78 is 16.0. The van der Waals surface area contributed by atoms with Gasteiger partial charge in [-0.2, -0.15) is 0 Å². The number of anilines is 2. The minimum absolute atomic E-state index is 0.140. The summed E-state index contributed by atoms with van der Waals surface area (Å²) in [4.78, 5) is 15.0. The van der Waals surface area contributed by atoms with E-state index in [-0.39, 0.29) is 16.8 Å². The van der Waals surface area contributed by atoms with E-state index in [2.05, 4.69) is 5.16 Å². The molecule has 0 fully saturated rings. The Kier molecular flexibility index (Phi) is 4.96. The van der Waals surface area contributed by atoms with E-state index in [4.69, 9.17) is 25.6 Å². The molecule has 0 unspecified atom stereocenters.